The van der Waals surface area contributed by atoms with Crippen LogP contribution in [0.2, 0.25) is 5.02 Å². The van der Waals surface area contributed by atoms with Gasteiger partial charge in [0, 0.05) is 24.9 Å². The Balaban J connectivity index is 0.00000385. The number of nitrogens with zero attached hydrogens (tertiary/aromatic N) is 3. The number of sulfone groups is 1. The lowest BCUT2D eigenvalue weighted by Crippen LogP contribution is -2.38. The van der Waals surface area contributed by atoms with Gasteiger partial charge in [0.1, 0.15) is 11.3 Å². The van der Waals surface area contributed by atoms with Gasteiger partial charge >= 0.3 is 0 Å². The molecule has 0 aliphatic carbocycles. The second kappa shape index (κ2) is 11.5. The second-order valence-corrected chi connectivity index (χ2v) is 10.6. The lowest BCUT2D eigenvalue weighted by molar-refractivity contribution is 0.0983. The average molecular weight is 533 g/mol. The van der Waals surface area contributed by atoms with Crippen molar-refractivity contribution >= 4 is 66.4 Å². The van der Waals surface area contributed by atoms with E-state index < -0.39 is 9.84 Å². The third-order valence-electron chi connectivity index (χ3n) is 5.21. The first kappa shape index (κ1) is 27.3. The summed E-state index contributed by atoms with van der Waals surface area (Å²) in [4.78, 5) is 22.2. The van der Waals surface area contributed by atoms with Crippen LogP contribution in [0.15, 0.2) is 41.3 Å². The van der Waals surface area contributed by atoms with E-state index in [9.17, 15) is 13.2 Å². The van der Waals surface area contributed by atoms with E-state index in [1.165, 1.54) is 35.6 Å². The summed E-state index contributed by atoms with van der Waals surface area (Å²) in [6.45, 7) is 6.96. The van der Waals surface area contributed by atoms with Gasteiger partial charge in [0.2, 0.25) is 0 Å². The number of carbonyl (C=O) groups excluding carboxylic acids is 1. The standard InChI is InChI=1S/C22H26ClN3O4S2.ClH/c1-5-25(6-2)13-14-26(21(27)15-7-9-16(10-8-15)32(4,28)29)22-24-19-18(30-3)12-11-17(23)20(19)31-22;/h7-12H,5-6,13-14H2,1-4H3;1H. The van der Waals surface area contributed by atoms with Gasteiger partial charge in [0.15, 0.2) is 15.0 Å². The van der Waals surface area contributed by atoms with Gasteiger partial charge in [-0.15, -0.1) is 12.4 Å². The van der Waals surface area contributed by atoms with E-state index in [1.807, 2.05) is 0 Å². The van der Waals surface area contributed by atoms with Crippen LogP contribution in [0.1, 0.15) is 24.2 Å². The van der Waals surface area contributed by atoms with Crippen molar-refractivity contribution in [2.75, 3.05) is 44.4 Å². The SMILES string of the molecule is CCN(CC)CCN(C(=O)c1ccc(S(C)(=O)=O)cc1)c1nc2c(OC)ccc(Cl)c2s1.Cl. The van der Waals surface area contributed by atoms with Crippen LogP contribution in [0.5, 0.6) is 5.75 Å². The molecule has 0 aliphatic rings. The number of aromatic nitrogens is 1. The summed E-state index contributed by atoms with van der Waals surface area (Å²) in [5.74, 6) is 0.326. The van der Waals surface area contributed by atoms with Gasteiger partial charge in [-0.25, -0.2) is 13.4 Å². The molecule has 33 heavy (non-hydrogen) atoms. The largest absolute Gasteiger partial charge is 0.494 e. The van der Waals surface area contributed by atoms with Gasteiger partial charge in [-0.2, -0.15) is 0 Å². The minimum absolute atomic E-state index is 0. The molecule has 2 aromatic carbocycles. The molecule has 0 radical (unpaired) electrons. The van der Waals surface area contributed by atoms with Gasteiger partial charge < -0.3 is 9.64 Å². The van der Waals surface area contributed by atoms with Crippen LogP contribution in [0.4, 0.5) is 5.13 Å². The fourth-order valence-corrected chi connectivity index (χ4v) is 5.20. The van der Waals surface area contributed by atoms with E-state index in [1.54, 1.807) is 24.1 Å². The van der Waals surface area contributed by atoms with Crippen molar-refractivity contribution in [3.8, 4) is 5.75 Å². The molecule has 0 aliphatic heterocycles. The average Bonchev–Trinajstić information content (AvgIpc) is 3.22. The maximum absolute atomic E-state index is 13.5. The van der Waals surface area contributed by atoms with Crippen molar-refractivity contribution in [1.29, 1.82) is 0 Å². The van der Waals surface area contributed by atoms with Crippen molar-refractivity contribution in [1.82, 2.24) is 9.88 Å². The molecule has 0 atom stereocenters. The van der Waals surface area contributed by atoms with Gasteiger partial charge in [0.25, 0.3) is 5.91 Å². The number of amides is 1. The van der Waals surface area contributed by atoms with Crippen molar-refractivity contribution < 1.29 is 17.9 Å². The van der Waals surface area contributed by atoms with Crippen LogP contribution in [-0.4, -0.2) is 63.8 Å². The summed E-state index contributed by atoms with van der Waals surface area (Å²) in [5.41, 5.74) is 0.988. The van der Waals surface area contributed by atoms with E-state index in [0.717, 1.165) is 24.0 Å². The summed E-state index contributed by atoms with van der Waals surface area (Å²) in [5, 5.41) is 1.05. The van der Waals surface area contributed by atoms with E-state index in [4.69, 9.17) is 16.3 Å². The van der Waals surface area contributed by atoms with E-state index in [-0.39, 0.29) is 23.2 Å². The van der Waals surface area contributed by atoms with Crippen LogP contribution in [0.3, 0.4) is 0 Å². The maximum atomic E-state index is 13.5. The maximum Gasteiger partial charge on any atom is 0.260 e. The Morgan fingerprint density at radius 2 is 1.73 bits per heavy atom. The number of thiazole rings is 1. The molecule has 11 heteroatoms. The zero-order valence-electron chi connectivity index (χ0n) is 18.9. The topological polar surface area (TPSA) is 79.8 Å². The Morgan fingerprint density at radius 3 is 2.27 bits per heavy atom. The number of benzene rings is 2. The highest BCUT2D eigenvalue weighted by atomic mass is 35.5. The lowest BCUT2D eigenvalue weighted by atomic mass is 10.2. The number of halogens is 2. The monoisotopic (exact) mass is 531 g/mol. The first-order valence-electron chi connectivity index (χ1n) is 10.2. The zero-order chi connectivity index (χ0) is 23.5. The van der Waals surface area contributed by atoms with Crippen molar-refractivity contribution in [2.24, 2.45) is 0 Å². The Kier molecular flexibility index (Phi) is 9.51. The molecule has 7 nitrogen and oxygen atoms in total. The molecular formula is C22H27Cl2N3O4S2. The van der Waals surface area contributed by atoms with Gasteiger partial charge in [-0.1, -0.05) is 36.8 Å². The summed E-state index contributed by atoms with van der Waals surface area (Å²) in [6, 6.07) is 9.46. The van der Waals surface area contributed by atoms with Gasteiger partial charge in [-0.05, 0) is 49.5 Å². The smallest absolute Gasteiger partial charge is 0.260 e. The van der Waals surface area contributed by atoms with Crippen LogP contribution in [0.25, 0.3) is 10.2 Å². The minimum atomic E-state index is -3.35. The number of methoxy groups -OCH3 is 1. The number of carbonyl (C=O) groups is 1. The number of anilines is 1. The molecule has 1 aromatic heterocycles. The number of likely N-dealkylation sites (N-methyl/N-ethyl adjacent to an activating group) is 1. The number of ether oxygens (including phenoxy) is 1. The Bertz CT molecular complexity index is 1210. The van der Waals surface area contributed by atoms with E-state index in [2.05, 4.69) is 23.7 Å². The summed E-state index contributed by atoms with van der Waals surface area (Å²) in [7, 11) is -1.78. The van der Waals surface area contributed by atoms with Gasteiger partial charge in [0.05, 0.1) is 21.7 Å². The van der Waals surface area contributed by atoms with Crippen LogP contribution in [-0.2, 0) is 9.84 Å². The third kappa shape index (κ3) is 6.16. The quantitative estimate of drug-likeness (QED) is 0.395. The van der Waals surface area contributed by atoms with Crippen LogP contribution in [0, 0.1) is 0 Å². The molecular weight excluding hydrogens is 505 g/mol. The highest BCUT2D eigenvalue weighted by molar-refractivity contribution is 7.90. The molecule has 1 heterocycles. The molecule has 1 amide bonds. The lowest BCUT2D eigenvalue weighted by Gasteiger charge is -2.24. The third-order valence-corrected chi connectivity index (χ3v) is 7.87. The summed E-state index contributed by atoms with van der Waals surface area (Å²) < 4.78 is 29.7. The molecule has 0 bridgehead atoms. The molecule has 3 aromatic rings. The van der Waals surface area contributed by atoms with Crippen LogP contribution >= 0.6 is 35.3 Å². The molecule has 0 saturated carbocycles. The van der Waals surface area contributed by atoms with E-state index in [0.29, 0.717) is 40.1 Å². The predicted molar refractivity (Wildman–Crippen MR) is 137 cm³/mol. The Hall–Kier alpha value is -1.91. The first-order valence-corrected chi connectivity index (χ1v) is 13.3. The molecule has 3 rings (SSSR count). The zero-order valence-corrected chi connectivity index (χ0v) is 22.1. The molecule has 0 unspecified atom stereocenters. The van der Waals surface area contributed by atoms with Gasteiger partial charge in [-0.3, -0.25) is 9.69 Å². The fraction of sp³-hybridized carbons (Fsp3) is 0.364. The number of hydrogen-bond acceptors (Lipinski definition) is 7. The number of hydrogen-bond donors (Lipinski definition) is 0. The highest BCUT2D eigenvalue weighted by Crippen LogP contribution is 2.39. The molecule has 0 N–H and O–H groups in total. The minimum Gasteiger partial charge on any atom is -0.494 e. The highest BCUT2D eigenvalue weighted by Gasteiger charge is 2.24. The summed E-state index contributed by atoms with van der Waals surface area (Å²) >= 11 is 7.71. The predicted octanol–water partition coefficient (Wildman–Crippen LogP) is 4.77. The second-order valence-electron chi connectivity index (χ2n) is 7.20. The number of rotatable bonds is 9. The van der Waals surface area contributed by atoms with Crippen molar-refractivity contribution in [3.63, 3.8) is 0 Å². The Morgan fingerprint density at radius 1 is 1.09 bits per heavy atom. The Labute approximate surface area is 209 Å². The molecule has 0 saturated heterocycles. The van der Waals surface area contributed by atoms with Crippen LogP contribution < -0.4 is 9.64 Å². The number of fused-ring (bicyclic) bond motifs is 1. The van der Waals surface area contributed by atoms with Crippen molar-refractivity contribution in [3.05, 3.63) is 47.0 Å². The molecule has 180 valence electrons. The first-order chi connectivity index (χ1) is 15.2. The fourth-order valence-electron chi connectivity index (χ4n) is 3.29. The normalized spacial score (nSPS) is 11.5. The van der Waals surface area contributed by atoms with Crippen molar-refractivity contribution in [2.45, 2.75) is 18.7 Å². The summed E-state index contributed by atoms with van der Waals surface area (Å²) in [6.07, 6.45) is 1.14. The van der Waals surface area contributed by atoms with E-state index >= 15 is 0 Å². The molecule has 0 fully saturated rings. The molecule has 0 spiro atoms.